The Kier molecular flexibility index (Phi) is 4.22. The van der Waals surface area contributed by atoms with Crippen molar-refractivity contribution >= 4 is 33.9 Å². The van der Waals surface area contributed by atoms with Gasteiger partial charge in [-0.25, -0.2) is 9.97 Å². The molecule has 0 aliphatic heterocycles. The highest BCUT2D eigenvalue weighted by Crippen LogP contribution is 2.27. The van der Waals surface area contributed by atoms with Crippen LogP contribution >= 0.6 is 11.6 Å². The Labute approximate surface area is 134 Å². The van der Waals surface area contributed by atoms with Gasteiger partial charge in [0.2, 0.25) is 0 Å². The third-order valence-electron chi connectivity index (χ3n) is 3.60. The third kappa shape index (κ3) is 3.03. The fraction of sp³-hybridized carbons (Fsp3) is 0.176. The predicted octanol–water partition coefficient (Wildman–Crippen LogP) is 4.73. The first-order valence-corrected chi connectivity index (χ1v) is 7.35. The summed E-state index contributed by atoms with van der Waals surface area (Å²) >= 11 is 5.80. The molecular formula is C17H16ClN3O. The van der Waals surface area contributed by atoms with E-state index in [9.17, 15) is 0 Å². The summed E-state index contributed by atoms with van der Waals surface area (Å²) in [5.74, 6) is 0.790. The molecule has 3 rings (SSSR count). The van der Waals surface area contributed by atoms with Crippen molar-refractivity contribution in [1.29, 1.82) is 0 Å². The SMILES string of the molecule is COC(C)c1ccc2c(Nc3ccc(Cl)nc3)nccc2c1. The molecule has 1 atom stereocenters. The van der Waals surface area contributed by atoms with Crippen LogP contribution in [0, 0.1) is 0 Å². The van der Waals surface area contributed by atoms with Crippen molar-refractivity contribution in [3.63, 3.8) is 0 Å². The van der Waals surface area contributed by atoms with Crippen LogP contribution in [0.1, 0.15) is 18.6 Å². The summed E-state index contributed by atoms with van der Waals surface area (Å²) in [7, 11) is 1.71. The summed E-state index contributed by atoms with van der Waals surface area (Å²) in [6, 6.07) is 11.8. The number of ether oxygens (including phenoxy) is 1. The molecule has 0 saturated heterocycles. The van der Waals surface area contributed by atoms with Gasteiger partial charge in [0.25, 0.3) is 0 Å². The Morgan fingerprint density at radius 2 is 2.00 bits per heavy atom. The molecule has 2 aromatic heterocycles. The second-order valence-corrected chi connectivity index (χ2v) is 5.40. The van der Waals surface area contributed by atoms with E-state index >= 15 is 0 Å². The minimum Gasteiger partial charge on any atom is -0.377 e. The fourth-order valence-electron chi connectivity index (χ4n) is 2.27. The number of halogens is 1. The number of methoxy groups -OCH3 is 1. The zero-order valence-electron chi connectivity index (χ0n) is 12.4. The van der Waals surface area contributed by atoms with Gasteiger partial charge in [-0.15, -0.1) is 0 Å². The number of benzene rings is 1. The van der Waals surface area contributed by atoms with Crippen molar-refractivity contribution < 1.29 is 4.74 Å². The maximum absolute atomic E-state index is 5.80. The van der Waals surface area contributed by atoms with Gasteiger partial charge in [-0.05, 0) is 42.1 Å². The molecule has 3 aromatic rings. The Morgan fingerprint density at radius 1 is 1.14 bits per heavy atom. The van der Waals surface area contributed by atoms with Crippen LogP contribution < -0.4 is 5.32 Å². The number of hydrogen-bond acceptors (Lipinski definition) is 4. The average Bonchev–Trinajstić information content (AvgIpc) is 2.56. The van der Waals surface area contributed by atoms with Crippen molar-refractivity contribution in [2.24, 2.45) is 0 Å². The second-order valence-electron chi connectivity index (χ2n) is 5.01. The van der Waals surface area contributed by atoms with Gasteiger partial charge in [0, 0.05) is 18.7 Å². The van der Waals surface area contributed by atoms with Crippen LogP contribution in [0.5, 0.6) is 0 Å². The van der Waals surface area contributed by atoms with Crippen LogP contribution in [0.2, 0.25) is 5.15 Å². The van der Waals surface area contributed by atoms with Crippen LogP contribution in [0.15, 0.2) is 48.8 Å². The Hall–Kier alpha value is -2.17. The largest absolute Gasteiger partial charge is 0.377 e. The topological polar surface area (TPSA) is 47.0 Å². The molecule has 1 unspecified atom stereocenters. The molecule has 112 valence electrons. The number of pyridine rings is 2. The first-order valence-electron chi connectivity index (χ1n) is 6.97. The minimum atomic E-state index is 0.0643. The van der Waals surface area contributed by atoms with Crippen LogP contribution in [0.3, 0.4) is 0 Å². The van der Waals surface area contributed by atoms with Gasteiger partial charge >= 0.3 is 0 Å². The monoisotopic (exact) mass is 313 g/mol. The van der Waals surface area contributed by atoms with E-state index in [1.807, 2.05) is 19.1 Å². The van der Waals surface area contributed by atoms with E-state index < -0.39 is 0 Å². The molecule has 22 heavy (non-hydrogen) atoms. The number of rotatable bonds is 4. The summed E-state index contributed by atoms with van der Waals surface area (Å²) in [5, 5.41) is 5.90. The molecule has 0 aliphatic rings. The summed E-state index contributed by atoms with van der Waals surface area (Å²) in [4.78, 5) is 8.48. The molecule has 0 spiro atoms. The number of anilines is 2. The quantitative estimate of drug-likeness (QED) is 0.707. The molecule has 0 amide bonds. The number of nitrogens with zero attached hydrogens (tertiary/aromatic N) is 2. The Bertz CT molecular complexity index is 790. The third-order valence-corrected chi connectivity index (χ3v) is 3.83. The molecule has 0 radical (unpaired) electrons. The highest BCUT2D eigenvalue weighted by Gasteiger charge is 2.08. The molecule has 2 heterocycles. The maximum atomic E-state index is 5.80. The van der Waals surface area contributed by atoms with E-state index in [2.05, 4.69) is 33.5 Å². The van der Waals surface area contributed by atoms with E-state index in [0.29, 0.717) is 5.15 Å². The Morgan fingerprint density at radius 3 is 2.73 bits per heavy atom. The lowest BCUT2D eigenvalue weighted by atomic mass is 10.0. The van der Waals surface area contributed by atoms with Crippen molar-refractivity contribution in [1.82, 2.24) is 9.97 Å². The number of hydrogen-bond donors (Lipinski definition) is 1. The van der Waals surface area contributed by atoms with Gasteiger partial charge in [-0.3, -0.25) is 0 Å². The van der Waals surface area contributed by atoms with Gasteiger partial charge in [-0.1, -0.05) is 23.7 Å². The van der Waals surface area contributed by atoms with Crippen molar-refractivity contribution in [2.75, 3.05) is 12.4 Å². The molecule has 0 bridgehead atoms. The van der Waals surface area contributed by atoms with Gasteiger partial charge in [0.15, 0.2) is 0 Å². The van der Waals surface area contributed by atoms with Gasteiger partial charge in [-0.2, -0.15) is 0 Å². The zero-order chi connectivity index (χ0) is 15.5. The van der Waals surface area contributed by atoms with E-state index in [-0.39, 0.29) is 6.10 Å². The summed E-state index contributed by atoms with van der Waals surface area (Å²) in [6.07, 6.45) is 3.54. The second kappa shape index (κ2) is 6.30. The molecule has 1 N–H and O–H groups in total. The van der Waals surface area contributed by atoms with E-state index in [1.54, 1.807) is 25.6 Å². The zero-order valence-corrected chi connectivity index (χ0v) is 13.1. The number of nitrogens with one attached hydrogen (secondary N) is 1. The first kappa shape index (κ1) is 14.8. The molecule has 1 aromatic carbocycles. The first-order chi connectivity index (χ1) is 10.7. The van der Waals surface area contributed by atoms with Gasteiger partial charge < -0.3 is 10.1 Å². The van der Waals surface area contributed by atoms with E-state index in [4.69, 9.17) is 16.3 Å². The minimum absolute atomic E-state index is 0.0643. The molecule has 5 heteroatoms. The normalized spacial score (nSPS) is 12.3. The molecule has 0 fully saturated rings. The lowest BCUT2D eigenvalue weighted by Gasteiger charge is -2.13. The highest BCUT2D eigenvalue weighted by atomic mass is 35.5. The molecule has 0 aliphatic carbocycles. The van der Waals surface area contributed by atoms with Crippen LogP contribution in [-0.2, 0) is 4.74 Å². The van der Waals surface area contributed by atoms with Crippen LogP contribution in [0.25, 0.3) is 10.8 Å². The Balaban J connectivity index is 1.98. The smallest absolute Gasteiger partial charge is 0.138 e. The van der Waals surface area contributed by atoms with Crippen molar-refractivity contribution in [3.05, 3.63) is 59.5 Å². The predicted molar refractivity (Wildman–Crippen MR) is 89.7 cm³/mol. The number of fused-ring (bicyclic) bond motifs is 1. The fourth-order valence-corrected chi connectivity index (χ4v) is 2.38. The molecule has 0 saturated carbocycles. The summed E-state index contributed by atoms with van der Waals surface area (Å²) in [6.45, 7) is 2.03. The highest BCUT2D eigenvalue weighted by molar-refractivity contribution is 6.29. The van der Waals surface area contributed by atoms with Crippen LogP contribution in [0.4, 0.5) is 11.5 Å². The maximum Gasteiger partial charge on any atom is 0.138 e. The lowest BCUT2D eigenvalue weighted by molar-refractivity contribution is 0.119. The lowest BCUT2D eigenvalue weighted by Crippen LogP contribution is -1.98. The average molecular weight is 314 g/mol. The van der Waals surface area contributed by atoms with E-state index in [1.165, 1.54) is 0 Å². The number of aromatic nitrogens is 2. The standard InChI is InChI=1S/C17H16ClN3O/c1-11(22-2)12-3-5-15-13(9-12)7-8-19-17(15)21-14-4-6-16(18)20-10-14/h3-11H,1-2H3,(H,19,21). The summed E-state index contributed by atoms with van der Waals surface area (Å²) in [5.41, 5.74) is 1.99. The van der Waals surface area contributed by atoms with Crippen LogP contribution in [-0.4, -0.2) is 17.1 Å². The molecule has 4 nitrogen and oxygen atoms in total. The summed E-state index contributed by atoms with van der Waals surface area (Å²) < 4.78 is 5.37. The van der Waals surface area contributed by atoms with E-state index in [0.717, 1.165) is 27.8 Å². The van der Waals surface area contributed by atoms with Gasteiger partial charge in [0.05, 0.1) is 18.0 Å². The van der Waals surface area contributed by atoms with Crippen molar-refractivity contribution in [3.8, 4) is 0 Å². The van der Waals surface area contributed by atoms with Crippen molar-refractivity contribution in [2.45, 2.75) is 13.0 Å². The van der Waals surface area contributed by atoms with Gasteiger partial charge in [0.1, 0.15) is 11.0 Å². The molecular weight excluding hydrogens is 298 g/mol.